The summed E-state index contributed by atoms with van der Waals surface area (Å²) < 4.78 is 6.61. The van der Waals surface area contributed by atoms with Gasteiger partial charge in [-0.05, 0) is 69.8 Å². The number of fused-ring (bicyclic) bond motifs is 1. The number of hydrogen-bond donors (Lipinski definition) is 2. The number of urea groups is 1. The van der Waals surface area contributed by atoms with Crippen molar-refractivity contribution in [3.8, 4) is 0 Å². The molecule has 0 fully saturated rings. The Bertz CT molecular complexity index is 1210. The van der Waals surface area contributed by atoms with E-state index in [4.69, 9.17) is 16.3 Å². The average Bonchev–Trinajstić information content (AvgIpc) is 3.16. The first kappa shape index (κ1) is 29.2. The van der Waals surface area contributed by atoms with E-state index in [1.807, 2.05) is 24.3 Å². The molecule has 0 spiro atoms. The fourth-order valence-corrected chi connectivity index (χ4v) is 3.99. The van der Waals surface area contributed by atoms with E-state index in [0.717, 1.165) is 6.42 Å². The van der Waals surface area contributed by atoms with Crippen molar-refractivity contribution >= 4 is 64.2 Å². The van der Waals surface area contributed by atoms with Crippen LogP contribution in [-0.2, 0) is 16.0 Å². The quantitative estimate of drug-likeness (QED) is 0.336. The first-order valence-electron chi connectivity index (χ1n) is 11.6. The van der Waals surface area contributed by atoms with Gasteiger partial charge in [-0.25, -0.2) is 4.79 Å². The number of amides is 2. The highest BCUT2D eigenvalue weighted by atomic mass is 35.5. The van der Waals surface area contributed by atoms with Crippen molar-refractivity contribution < 1.29 is 19.1 Å². The number of rotatable bonds is 9. The largest absolute Gasteiger partial charge is 0.465 e. The van der Waals surface area contributed by atoms with Crippen LogP contribution in [0.25, 0.3) is 10.9 Å². The van der Waals surface area contributed by atoms with Gasteiger partial charge >= 0.3 is 12.0 Å². The Kier molecular flexibility index (Phi) is 10.8. The lowest BCUT2D eigenvalue weighted by Gasteiger charge is -2.22. The van der Waals surface area contributed by atoms with Crippen molar-refractivity contribution in [2.45, 2.75) is 39.2 Å². The van der Waals surface area contributed by atoms with E-state index >= 15 is 0 Å². The van der Waals surface area contributed by atoms with Gasteiger partial charge in [0.05, 0.1) is 17.8 Å². The molecule has 3 aromatic rings. The Labute approximate surface area is 222 Å². The summed E-state index contributed by atoms with van der Waals surface area (Å²) >= 11 is 6.20. The van der Waals surface area contributed by atoms with Crippen LogP contribution >= 0.6 is 24.0 Å². The number of benzene rings is 2. The molecule has 36 heavy (non-hydrogen) atoms. The molecule has 0 radical (unpaired) electrons. The normalized spacial score (nSPS) is 11.6. The van der Waals surface area contributed by atoms with Gasteiger partial charge < -0.3 is 15.4 Å². The van der Waals surface area contributed by atoms with Gasteiger partial charge in [0.2, 0.25) is 5.91 Å². The summed E-state index contributed by atoms with van der Waals surface area (Å²) in [6.45, 7) is 4.09. The molecule has 194 valence electrons. The number of carbonyl (C=O) groups is 3. The zero-order valence-electron chi connectivity index (χ0n) is 20.8. The number of aryl methyl sites for hydroxylation is 1. The molecule has 0 aliphatic heterocycles. The zero-order valence-corrected chi connectivity index (χ0v) is 22.4. The van der Waals surface area contributed by atoms with Gasteiger partial charge in [0, 0.05) is 28.7 Å². The second kappa shape index (κ2) is 13.3. The number of ether oxygens (including phenoxy) is 1. The summed E-state index contributed by atoms with van der Waals surface area (Å²) in [6.07, 6.45) is 2.91. The van der Waals surface area contributed by atoms with E-state index in [1.54, 1.807) is 50.3 Å². The molecular formula is C26H32Cl2N4O4. The summed E-state index contributed by atoms with van der Waals surface area (Å²) in [5.74, 6) is -0.572. The minimum atomic E-state index is -0.530. The van der Waals surface area contributed by atoms with Crippen molar-refractivity contribution in [1.82, 2.24) is 9.47 Å². The molecule has 0 aliphatic carbocycles. The van der Waals surface area contributed by atoms with E-state index in [1.165, 1.54) is 10.1 Å². The Hall–Kier alpha value is -3.07. The monoisotopic (exact) mass is 534 g/mol. The maximum Gasteiger partial charge on any atom is 0.323 e. The van der Waals surface area contributed by atoms with Crippen LogP contribution in [0.15, 0.2) is 48.7 Å². The van der Waals surface area contributed by atoms with Crippen LogP contribution in [-0.4, -0.2) is 54.1 Å². The predicted octanol–water partition coefficient (Wildman–Crippen LogP) is 5.84. The van der Waals surface area contributed by atoms with E-state index in [2.05, 4.69) is 17.6 Å². The fourth-order valence-electron chi connectivity index (χ4n) is 3.82. The van der Waals surface area contributed by atoms with Crippen LogP contribution in [0.3, 0.4) is 0 Å². The molecule has 2 aromatic carbocycles. The molecule has 0 saturated heterocycles. The smallest absolute Gasteiger partial charge is 0.323 e. The predicted molar refractivity (Wildman–Crippen MR) is 147 cm³/mol. The maximum absolute atomic E-state index is 13.1. The Morgan fingerprint density at radius 2 is 1.75 bits per heavy atom. The zero-order chi connectivity index (χ0) is 25.5. The number of nitrogens with zero attached hydrogens (tertiary/aromatic N) is 2. The van der Waals surface area contributed by atoms with E-state index in [0.29, 0.717) is 33.7 Å². The first-order valence-corrected chi connectivity index (χ1v) is 11.9. The Morgan fingerprint density at radius 3 is 2.36 bits per heavy atom. The lowest BCUT2D eigenvalue weighted by Crippen LogP contribution is -2.37. The van der Waals surface area contributed by atoms with Gasteiger partial charge in [-0.15, -0.1) is 12.4 Å². The van der Waals surface area contributed by atoms with Crippen molar-refractivity contribution in [3.63, 3.8) is 0 Å². The van der Waals surface area contributed by atoms with Crippen molar-refractivity contribution in [2.24, 2.45) is 0 Å². The van der Waals surface area contributed by atoms with Crippen molar-refractivity contribution in [3.05, 3.63) is 59.2 Å². The number of hydrogen-bond acceptors (Lipinski definition) is 5. The van der Waals surface area contributed by atoms with Crippen LogP contribution < -0.4 is 10.6 Å². The fraction of sp³-hybridized carbons (Fsp3) is 0.346. The minimum Gasteiger partial charge on any atom is -0.465 e. The maximum atomic E-state index is 13.1. The Morgan fingerprint density at radius 1 is 1.06 bits per heavy atom. The van der Waals surface area contributed by atoms with Gasteiger partial charge in [0.15, 0.2) is 0 Å². The number of likely N-dealkylation sites (N-methyl/N-ethyl adjacent to an activating group) is 1. The molecule has 10 heteroatoms. The average molecular weight is 535 g/mol. The summed E-state index contributed by atoms with van der Waals surface area (Å²) in [4.78, 5) is 39.8. The number of aromatic nitrogens is 1. The third-order valence-electron chi connectivity index (χ3n) is 5.72. The third kappa shape index (κ3) is 7.22. The number of esters is 1. The van der Waals surface area contributed by atoms with Gasteiger partial charge in [0.1, 0.15) is 6.04 Å². The van der Waals surface area contributed by atoms with Gasteiger partial charge in [-0.3, -0.25) is 19.1 Å². The summed E-state index contributed by atoms with van der Waals surface area (Å²) in [6, 6.07) is 11.8. The van der Waals surface area contributed by atoms with Crippen LogP contribution in [0.1, 0.15) is 37.0 Å². The molecule has 1 unspecified atom stereocenters. The van der Waals surface area contributed by atoms with Gasteiger partial charge in [0.25, 0.3) is 0 Å². The van der Waals surface area contributed by atoms with Gasteiger partial charge in [-0.1, -0.05) is 30.7 Å². The highest BCUT2D eigenvalue weighted by Gasteiger charge is 2.24. The SMILES string of the molecule is CCOC(=O)C(CCC(=O)n1cc(NC(=O)Nc2ccc(CC)cc2)c2cc(Cl)ccc21)N(C)C.Cl. The molecule has 1 atom stereocenters. The molecule has 2 N–H and O–H groups in total. The number of carbonyl (C=O) groups excluding carboxylic acids is 3. The van der Waals surface area contributed by atoms with Crippen LogP contribution in [0.4, 0.5) is 16.2 Å². The van der Waals surface area contributed by atoms with Crippen LogP contribution in [0, 0.1) is 0 Å². The van der Waals surface area contributed by atoms with Crippen LogP contribution in [0.2, 0.25) is 5.02 Å². The first-order chi connectivity index (χ1) is 16.7. The summed E-state index contributed by atoms with van der Waals surface area (Å²) in [7, 11) is 3.55. The number of halogens is 2. The molecule has 1 aromatic heterocycles. The lowest BCUT2D eigenvalue weighted by atomic mass is 10.1. The molecule has 0 bridgehead atoms. The lowest BCUT2D eigenvalue weighted by molar-refractivity contribution is -0.148. The standard InChI is InChI=1S/C26H31ClN4O4.ClH/c1-5-17-7-10-19(11-8-17)28-26(34)29-21-16-31(22-12-9-18(27)15-20(21)22)24(32)14-13-23(30(3)4)25(33)35-6-2;/h7-12,15-16,23H,5-6,13-14H2,1-4H3,(H2,28,29,34);1H. The number of anilines is 2. The van der Waals surface area contributed by atoms with E-state index < -0.39 is 12.1 Å². The number of nitrogens with one attached hydrogen (secondary N) is 2. The molecular weight excluding hydrogens is 503 g/mol. The Balaban J connectivity index is 0.00000456. The third-order valence-corrected chi connectivity index (χ3v) is 5.95. The second-order valence-electron chi connectivity index (χ2n) is 8.37. The molecule has 0 aliphatic rings. The highest BCUT2D eigenvalue weighted by Crippen LogP contribution is 2.29. The summed E-state index contributed by atoms with van der Waals surface area (Å²) in [5.41, 5.74) is 2.89. The summed E-state index contributed by atoms with van der Waals surface area (Å²) in [5, 5.41) is 6.74. The topological polar surface area (TPSA) is 92.7 Å². The van der Waals surface area contributed by atoms with Gasteiger partial charge in [-0.2, -0.15) is 0 Å². The van der Waals surface area contributed by atoms with Crippen molar-refractivity contribution in [2.75, 3.05) is 31.3 Å². The van der Waals surface area contributed by atoms with Crippen molar-refractivity contribution in [1.29, 1.82) is 0 Å². The molecule has 2 amide bonds. The minimum absolute atomic E-state index is 0. The molecule has 0 saturated carbocycles. The van der Waals surface area contributed by atoms with E-state index in [-0.39, 0.29) is 37.3 Å². The van der Waals surface area contributed by atoms with E-state index in [9.17, 15) is 14.4 Å². The second-order valence-corrected chi connectivity index (χ2v) is 8.80. The molecule has 1 heterocycles. The molecule has 3 rings (SSSR count). The highest BCUT2D eigenvalue weighted by molar-refractivity contribution is 6.31. The molecule has 8 nitrogen and oxygen atoms in total. The van der Waals surface area contributed by atoms with Crippen LogP contribution in [0.5, 0.6) is 0 Å².